The first-order chi connectivity index (χ1) is 13.3. The van der Waals surface area contributed by atoms with E-state index >= 15 is 0 Å². The Morgan fingerprint density at radius 3 is 2.78 bits per heavy atom. The van der Waals surface area contributed by atoms with Gasteiger partial charge in [-0.05, 0) is 68.8 Å². The van der Waals surface area contributed by atoms with Crippen molar-refractivity contribution in [3.63, 3.8) is 0 Å². The Bertz CT molecular complexity index is 634. The van der Waals surface area contributed by atoms with Gasteiger partial charge in [0.05, 0.1) is 13.2 Å². The van der Waals surface area contributed by atoms with Gasteiger partial charge in [0.25, 0.3) is 5.91 Å². The summed E-state index contributed by atoms with van der Waals surface area (Å²) in [6.45, 7) is 7.95. The predicted octanol–water partition coefficient (Wildman–Crippen LogP) is 2.17. The van der Waals surface area contributed by atoms with E-state index in [1.165, 1.54) is 37.7 Å². The quantitative estimate of drug-likeness (QED) is 0.619. The maximum Gasteiger partial charge on any atom is 0.251 e. The zero-order chi connectivity index (χ0) is 18.5. The van der Waals surface area contributed by atoms with Crippen LogP contribution in [0.5, 0.6) is 0 Å². The molecule has 1 saturated heterocycles. The van der Waals surface area contributed by atoms with Crippen LogP contribution in [0.2, 0.25) is 0 Å². The first kappa shape index (κ1) is 18.9. The van der Waals surface area contributed by atoms with Crippen LogP contribution in [-0.4, -0.2) is 63.3 Å². The minimum absolute atomic E-state index is 0.0815. The zero-order valence-electron chi connectivity index (χ0n) is 16.3. The number of nitrogens with one attached hydrogen (secondary N) is 2. The Labute approximate surface area is 162 Å². The summed E-state index contributed by atoms with van der Waals surface area (Å²) in [6, 6.07) is 8.29. The van der Waals surface area contributed by atoms with Crippen molar-refractivity contribution in [3.05, 3.63) is 35.4 Å². The van der Waals surface area contributed by atoms with E-state index in [2.05, 4.69) is 27.7 Å². The van der Waals surface area contributed by atoms with Crippen LogP contribution in [0, 0.1) is 5.92 Å². The van der Waals surface area contributed by atoms with Crippen LogP contribution in [0.4, 0.5) is 0 Å². The van der Waals surface area contributed by atoms with Gasteiger partial charge in [-0.3, -0.25) is 9.69 Å². The van der Waals surface area contributed by atoms with Crippen LogP contribution in [0.3, 0.4) is 0 Å². The van der Waals surface area contributed by atoms with Gasteiger partial charge >= 0.3 is 0 Å². The van der Waals surface area contributed by atoms with Crippen molar-refractivity contribution in [2.75, 3.05) is 52.5 Å². The topological polar surface area (TPSA) is 53.6 Å². The van der Waals surface area contributed by atoms with Crippen molar-refractivity contribution in [3.8, 4) is 0 Å². The molecule has 0 atom stereocenters. The van der Waals surface area contributed by atoms with E-state index in [0.717, 1.165) is 58.0 Å². The fourth-order valence-electron chi connectivity index (χ4n) is 3.95. The average Bonchev–Trinajstić information content (AvgIpc) is 3.62. The number of rotatable bonds is 10. The molecule has 0 bridgehead atoms. The highest BCUT2D eigenvalue weighted by Gasteiger charge is 2.43. The molecule has 2 aliphatic carbocycles. The maximum absolute atomic E-state index is 12.4. The van der Waals surface area contributed by atoms with Crippen LogP contribution in [0.25, 0.3) is 0 Å². The number of amides is 1. The van der Waals surface area contributed by atoms with Crippen molar-refractivity contribution in [2.45, 2.75) is 37.5 Å². The number of benzene rings is 1. The molecule has 2 N–H and O–H groups in total. The number of ether oxygens (including phenoxy) is 1. The highest BCUT2D eigenvalue weighted by atomic mass is 16.5. The highest BCUT2D eigenvalue weighted by molar-refractivity contribution is 5.94. The van der Waals surface area contributed by atoms with Gasteiger partial charge in [-0.25, -0.2) is 0 Å². The Balaban J connectivity index is 1.22. The molecule has 1 amide bonds. The molecular weight excluding hydrogens is 338 g/mol. The van der Waals surface area contributed by atoms with E-state index in [9.17, 15) is 4.79 Å². The van der Waals surface area contributed by atoms with Crippen LogP contribution in [0.15, 0.2) is 24.3 Å². The molecule has 2 saturated carbocycles. The number of nitrogens with zero attached hydrogens (tertiary/aromatic N) is 1. The molecule has 27 heavy (non-hydrogen) atoms. The molecule has 0 spiro atoms. The van der Waals surface area contributed by atoms with Crippen molar-refractivity contribution in [1.82, 2.24) is 15.5 Å². The van der Waals surface area contributed by atoms with E-state index in [-0.39, 0.29) is 11.3 Å². The summed E-state index contributed by atoms with van der Waals surface area (Å²) in [5.74, 6) is 0.798. The van der Waals surface area contributed by atoms with E-state index in [4.69, 9.17) is 4.74 Å². The van der Waals surface area contributed by atoms with Gasteiger partial charge in [-0.15, -0.1) is 0 Å². The number of carbonyl (C=O) groups excluding carboxylic acids is 1. The van der Waals surface area contributed by atoms with E-state index in [1.54, 1.807) is 0 Å². The number of morpholine rings is 1. The first-order valence-corrected chi connectivity index (χ1v) is 10.6. The number of hydrogen-bond acceptors (Lipinski definition) is 4. The maximum atomic E-state index is 12.4. The van der Waals surface area contributed by atoms with Crippen molar-refractivity contribution < 1.29 is 9.53 Å². The van der Waals surface area contributed by atoms with Gasteiger partial charge in [0.2, 0.25) is 0 Å². The van der Waals surface area contributed by atoms with Crippen LogP contribution < -0.4 is 10.6 Å². The van der Waals surface area contributed by atoms with Gasteiger partial charge in [-0.1, -0.05) is 12.1 Å². The summed E-state index contributed by atoms with van der Waals surface area (Å²) < 4.78 is 5.40. The summed E-state index contributed by atoms with van der Waals surface area (Å²) in [6.07, 6.45) is 6.15. The predicted molar refractivity (Wildman–Crippen MR) is 107 cm³/mol. The molecule has 3 fully saturated rings. The Morgan fingerprint density at radius 2 is 2.04 bits per heavy atom. The third-order valence-corrected chi connectivity index (χ3v) is 6.23. The van der Waals surface area contributed by atoms with Crippen molar-refractivity contribution in [1.29, 1.82) is 0 Å². The summed E-state index contributed by atoms with van der Waals surface area (Å²) in [7, 11) is 0. The normalized spacial score (nSPS) is 21.8. The van der Waals surface area contributed by atoms with Crippen LogP contribution in [0.1, 0.15) is 48.0 Å². The summed E-state index contributed by atoms with van der Waals surface area (Å²) in [5.41, 5.74) is 2.38. The SMILES string of the molecule is O=C(NCC1CC1)c1cccc(C2(CNCCCN3CCOCC3)CC2)c1. The molecule has 0 unspecified atom stereocenters. The molecule has 1 aliphatic heterocycles. The lowest BCUT2D eigenvalue weighted by molar-refractivity contribution is 0.0374. The third kappa shape index (κ3) is 5.31. The second-order valence-electron chi connectivity index (χ2n) is 8.50. The Kier molecular flexibility index (Phi) is 6.11. The minimum atomic E-state index is 0.0815. The smallest absolute Gasteiger partial charge is 0.251 e. The first-order valence-electron chi connectivity index (χ1n) is 10.6. The Morgan fingerprint density at radius 1 is 1.22 bits per heavy atom. The molecule has 1 heterocycles. The van der Waals surface area contributed by atoms with Gasteiger partial charge in [-0.2, -0.15) is 0 Å². The van der Waals surface area contributed by atoms with E-state index in [0.29, 0.717) is 5.92 Å². The fourth-order valence-corrected chi connectivity index (χ4v) is 3.95. The van der Waals surface area contributed by atoms with Crippen molar-refractivity contribution in [2.24, 2.45) is 5.92 Å². The van der Waals surface area contributed by atoms with Gasteiger partial charge < -0.3 is 15.4 Å². The van der Waals surface area contributed by atoms with Gasteiger partial charge in [0.1, 0.15) is 0 Å². The molecule has 3 aliphatic rings. The second-order valence-corrected chi connectivity index (χ2v) is 8.50. The average molecular weight is 372 g/mol. The largest absolute Gasteiger partial charge is 0.379 e. The highest BCUT2D eigenvalue weighted by Crippen LogP contribution is 2.47. The van der Waals surface area contributed by atoms with E-state index < -0.39 is 0 Å². The molecular formula is C22H33N3O2. The Hall–Kier alpha value is -1.43. The van der Waals surface area contributed by atoms with Crippen LogP contribution in [-0.2, 0) is 10.2 Å². The molecule has 4 rings (SSSR count). The molecule has 148 valence electrons. The van der Waals surface area contributed by atoms with Crippen LogP contribution >= 0.6 is 0 Å². The zero-order valence-corrected chi connectivity index (χ0v) is 16.3. The minimum Gasteiger partial charge on any atom is -0.379 e. The van der Waals surface area contributed by atoms with Gasteiger partial charge in [0.15, 0.2) is 0 Å². The summed E-state index contributed by atoms with van der Waals surface area (Å²) in [4.78, 5) is 14.9. The molecule has 0 aromatic heterocycles. The molecule has 0 radical (unpaired) electrons. The molecule has 5 nitrogen and oxygen atoms in total. The molecule has 1 aromatic rings. The second kappa shape index (κ2) is 8.72. The molecule has 1 aromatic carbocycles. The summed E-state index contributed by atoms with van der Waals surface area (Å²) in [5, 5.41) is 6.75. The summed E-state index contributed by atoms with van der Waals surface area (Å²) >= 11 is 0. The monoisotopic (exact) mass is 371 g/mol. The lowest BCUT2D eigenvalue weighted by Crippen LogP contribution is -2.38. The molecule has 5 heteroatoms. The number of hydrogen-bond donors (Lipinski definition) is 2. The van der Waals surface area contributed by atoms with Crippen molar-refractivity contribution >= 4 is 5.91 Å². The lowest BCUT2D eigenvalue weighted by atomic mass is 9.94. The van der Waals surface area contributed by atoms with E-state index in [1.807, 2.05) is 12.1 Å². The lowest BCUT2D eigenvalue weighted by Gasteiger charge is -2.26. The number of carbonyl (C=O) groups is 1. The van der Waals surface area contributed by atoms with Gasteiger partial charge in [0, 0.05) is 37.2 Å². The fraction of sp³-hybridized carbons (Fsp3) is 0.682. The standard InChI is InChI=1S/C22H33N3O2/c26-21(24-16-18-5-6-18)19-3-1-4-20(15-19)22(7-8-22)17-23-9-2-10-25-11-13-27-14-12-25/h1,3-4,15,18,23H,2,5-14,16-17H2,(H,24,26). The third-order valence-electron chi connectivity index (χ3n) is 6.23.